The SMILES string of the molecule is CCC1CCCC(NC(=O)C2(N)CCCCC2)C1. The van der Waals surface area contributed by atoms with Crippen molar-refractivity contribution in [2.24, 2.45) is 11.7 Å². The highest BCUT2D eigenvalue weighted by atomic mass is 16.2. The Morgan fingerprint density at radius 3 is 2.61 bits per heavy atom. The Labute approximate surface area is 111 Å². The van der Waals surface area contributed by atoms with Crippen LogP contribution >= 0.6 is 0 Å². The summed E-state index contributed by atoms with van der Waals surface area (Å²) < 4.78 is 0. The maximum atomic E-state index is 12.3. The second-order valence-electron chi connectivity index (χ2n) is 6.33. The van der Waals surface area contributed by atoms with E-state index in [1.165, 1.54) is 25.7 Å². The van der Waals surface area contributed by atoms with Gasteiger partial charge in [0.25, 0.3) is 0 Å². The Balaban J connectivity index is 1.86. The van der Waals surface area contributed by atoms with E-state index < -0.39 is 5.54 Å². The molecule has 2 saturated carbocycles. The van der Waals surface area contributed by atoms with E-state index in [0.717, 1.165) is 44.4 Å². The summed E-state index contributed by atoms with van der Waals surface area (Å²) >= 11 is 0. The van der Waals surface area contributed by atoms with E-state index in [4.69, 9.17) is 5.73 Å². The third-order valence-corrected chi connectivity index (χ3v) is 4.89. The zero-order chi connectivity index (χ0) is 13.0. The summed E-state index contributed by atoms with van der Waals surface area (Å²) in [6.45, 7) is 2.25. The monoisotopic (exact) mass is 252 g/mol. The van der Waals surface area contributed by atoms with Gasteiger partial charge in [-0.15, -0.1) is 0 Å². The molecule has 0 aromatic rings. The van der Waals surface area contributed by atoms with Gasteiger partial charge in [0.2, 0.25) is 5.91 Å². The zero-order valence-electron chi connectivity index (χ0n) is 11.7. The van der Waals surface area contributed by atoms with Crippen LogP contribution in [0, 0.1) is 5.92 Å². The lowest BCUT2D eigenvalue weighted by Gasteiger charge is -2.35. The van der Waals surface area contributed by atoms with Crippen molar-refractivity contribution in [2.45, 2.75) is 82.7 Å². The Morgan fingerprint density at radius 1 is 1.22 bits per heavy atom. The van der Waals surface area contributed by atoms with E-state index in [1.807, 2.05) is 0 Å². The third-order valence-electron chi connectivity index (χ3n) is 4.89. The molecule has 2 unspecified atom stereocenters. The molecule has 2 aliphatic carbocycles. The lowest BCUT2D eigenvalue weighted by molar-refractivity contribution is -0.128. The van der Waals surface area contributed by atoms with Crippen molar-refractivity contribution in [3.05, 3.63) is 0 Å². The van der Waals surface area contributed by atoms with Crippen LogP contribution in [0.1, 0.15) is 71.1 Å². The molecule has 1 amide bonds. The summed E-state index contributed by atoms with van der Waals surface area (Å²) in [6, 6.07) is 0.374. The fraction of sp³-hybridized carbons (Fsp3) is 0.933. The van der Waals surface area contributed by atoms with Crippen molar-refractivity contribution in [1.29, 1.82) is 0 Å². The lowest BCUT2D eigenvalue weighted by atomic mass is 9.80. The highest BCUT2D eigenvalue weighted by Crippen LogP contribution is 2.29. The van der Waals surface area contributed by atoms with Gasteiger partial charge in [0.15, 0.2) is 0 Å². The largest absolute Gasteiger partial charge is 0.352 e. The van der Waals surface area contributed by atoms with Gasteiger partial charge in [-0.05, 0) is 31.6 Å². The smallest absolute Gasteiger partial charge is 0.240 e. The van der Waals surface area contributed by atoms with Crippen LogP contribution in [-0.4, -0.2) is 17.5 Å². The molecule has 3 N–H and O–H groups in total. The number of rotatable bonds is 3. The average molecular weight is 252 g/mol. The number of carbonyl (C=O) groups excluding carboxylic acids is 1. The minimum atomic E-state index is -0.572. The maximum Gasteiger partial charge on any atom is 0.240 e. The van der Waals surface area contributed by atoms with Crippen LogP contribution < -0.4 is 11.1 Å². The van der Waals surface area contributed by atoms with Crippen molar-refractivity contribution in [3.63, 3.8) is 0 Å². The molecule has 0 spiro atoms. The number of hydrogen-bond acceptors (Lipinski definition) is 2. The molecule has 0 saturated heterocycles. The molecule has 2 atom stereocenters. The second kappa shape index (κ2) is 6.05. The number of hydrogen-bond donors (Lipinski definition) is 2. The predicted octanol–water partition coefficient (Wildman–Crippen LogP) is 2.73. The molecule has 0 aliphatic heterocycles. The van der Waals surface area contributed by atoms with E-state index in [2.05, 4.69) is 12.2 Å². The number of carbonyl (C=O) groups is 1. The summed E-state index contributed by atoms with van der Waals surface area (Å²) in [5.74, 6) is 0.910. The van der Waals surface area contributed by atoms with E-state index in [9.17, 15) is 4.79 Å². The lowest BCUT2D eigenvalue weighted by Crippen LogP contribution is -2.57. The molecule has 18 heavy (non-hydrogen) atoms. The zero-order valence-corrected chi connectivity index (χ0v) is 11.7. The highest BCUT2D eigenvalue weighted by Gasteiger charge is 2.36. The van der Waals surface area contributed by atoms with Crippen LogP contribution in [0.25, 0.3) is 0 Å². The van der Waals surface area contributed by atoms with Crippen LogP contribution in [0.15, 0.2) is 0 Å². The van der Waals surface area contributed by atoms with Crippen molar-refractivity contribution in [1.82, 2.24) is 5.32 Å². The molecular weight excluding hydrogens is 224 g/mol. The fourth-order valence-corrected chi connectivity index (χ4v) is 3.53. The third kappa shape index (κ3) is 3.25. The van der Waals surface area contributed by atoms with Crippen LogP contribution in [-0.2, 0) is 4.79 Å². The Bertz CT molecular complexity index is 284. The molecule has 0 aromatic carbocycles. The van der Waals surface area contributed by atoms with Gasteiger partial charge in [0.05, 0.1) is 5.54 Å². The summed E-state index contributed by atoms with van der Waals surface area (Å²) in [5, 5.41) is 3.23. The minimum Gasteiger partial charge on any atom is -0.352 e. The van der Waals surface area contributed by atoms with Crippen molar-refractivity contribution in [2.75, 3.05) is 0 Å². The molecule has 2 aliphatic rings. The van der Waals surface area contributed by atoms with Crippen molar-refractivity contribution >= 4 is 5.91 Å². The molecule has 3 heteroatoms. The summed E-state index contributed by atoms with van der Waals surface area (Å²) in [5.41, 5.74) is 5.70. The van der Waals surface area contributed by atoms with Gasteiger partial charge >= 0.3 is 0 Å². The molecule has 0 radical (unpaired) electrons. The molecular formula is C15H28N2O. The van der Waals surface area contributed by atoms with E-state index in [0.29, 0.717) is 6.04 Å². The highest BCUT2D eigenvalue weighted by molar-refractivity contribution is 5.86. The van der Waals surface area contributed by atoms with E-state index in [1.54, 1.807) is 0 Å². The molecule has 2 rings (SSSR count). The molecule has 0 heterocycles. The number of nitrogens with two attached hydrogens (primary N) is 1. The molecule has 2 fully saturated rings. The standard InChI is InChI=1S/C15H28N2O/c1-2-12-7-6-8-13(11-12)17-14(18)15(16)9-4-3-5-10-15/h12-13H,2-11,16H2,1H3,(H,17,18). The molecule has 104 valence electrons. The topological polar surface area (TPSA) is 55.1 Å². The summed E-state index contributed by atoms with van der Waals surface area (Å²) in [7, 11) is 0. The first-order valence-electron chi connectivity index (χ1n) is 7.74. The van der Waals surface area contributed by atoms with Crippen LogP contribution in [0.5, 0.6) is 0 Å². The molecule has 3 nitrogen and oxygen atoms in total. The quantitative estimate of drug-likeness (QED) is 0.811. The number of nitrogens with one attached hydrogen (secondary N) is 1. The van der Waals surface area contributed by atoms with Gasteiger partial charge in [-0.3, -0.25) is 4.79 Å². The Hall–Kier alpha value is -0.570. The van der Waals surface area contributed by atoms with E-state index >= 15 is 0 Å². The first-order chi connectivity index (χ1) is 8.64. The van der Waals surface area contributed by atoms with Gasteiger partial charge in [-0.2, -0.15) is 0 Å². The molecule has 0 aromatic heterocycles. The Kier molecular flexibility index (Phi) is 4.66. The van der Waals surface area contributed by atoms with Crippen molar-refractivity contribution < 1.29 is 4.79 Å². The first kappa shape index (κ1) is 13.9. The van der Waals surface area contributed by atoms with E-state index in [-0.39, 0.29) is 5.91 Å². The number of amides is 1. The van der Waals surface area contributed by atoms with Crippen LogP contribution in [0.3, 0.4) is 0 Å². The van der Waals surface area contributed by atoms with Crippen LogP contribution in [0.2, 0.25) is 0 Å². The second-order valence-corrected chi connectivity index (χ2v) is 6.33. The summed E-state index contributed by atoms with van der Waals surface area (Å²) in [4.78, 5) is 12.3. The minimum absolute atomic E-state index is 0.115. The van der Waals surface area contributed by atoms with Gasteiger partial charge in [0, 0.05) is 6.04 Å². The van der Waals surface area contributed by atoms with Crippen LogP contribution in [0.4, 0.5) is 0 Å². The molecule has 0 bridgehead atoms. The predicted molar refractivity (Wildman–Crippen MR) is 74.2 cm³/mol. The Morgan fingerprint density at radius 2 is 1.94 bits per heavy atom. The normalized spacial score (nSPS) is 31.9. The maximum absolute atomic E-state index is 12.3. The fourth-order valence-electron chi connectivity index (χ4n) is 3.53. The van der Waals surface area contributed by atoms with Gasteiger partial charge in [-0.1, -0.05) is 45.4 Å². The average Bonchev–Trinajstić information content (AvgIpc) is 2.40. The van der Waals surface area contributed by atoms with Gasteiger partial charge < -0.3 is 11.1 Å². The van der Waals surface area contributed by atoms with Crippen molar-refractivity contribution in [3.8, 4) is 0 Å². The van der Waals surface area contributed by atoms with Gasteiger partial charge in [-0.25, -0.2) is 0 Å². The summed E-state index contributed by atoms with van der Waals surface area (Å²) in [6.07, 6.45) is 11.3. The first-order valence-corrected chi connectivity index (χ1v) is 7.74. The van der Waals surface area contributed by atoms with Gasteiger partial charge in [0.1, 0.15) is 0 Å².